The third-order valence-electron chi connectivity index (χ3n) is 4.78. The summed E-state index contributed by atoms with van der Waals surface area (Å²) >= 11 is 0. The summed E-state index contributed by atoms with van der Waals surface area (Å²) in [6.07, 6.45) is 3.40. The number of benzene rings is 1. The van der Waals surface area contributed by atoms with Crippen molar-refractivity contribution in [3.8, 4) is 0 Å². The number of aryl methyl sites for hydroxylation is 2. The van der Waals surface area contributed by atoms with E-state index in [0.29, 0.717) is 17.8 Å². The smallest absolute Gasteiger partial charge is 0.259 e. The Bertz CT molecular complexity index is 948. The zero-order valence-electron chi connectivity index (χ0n) is 14.2. The van der Waals surface area contributed by atoms with Crippen LogP contribution in [0.1, 0.15) is 46.2 Å². The van der Waals surface area contributed by atoms with Crippen molar-refractivity contribution in [1.29, 1.82) is 0 Å². The van der Waals surface area contributed by atoms with Crippen LogP contribution in [0.4, 0.5) is 4.39 Å². The molecule has 2 aromatic heterocycles. The van der Waals surface area contributed by atoms with Crippen molar-refractivity contribution in [3.05, 3.63) is 64.9 Å². The molecule has 1 amide bonds. The fourth-order valence-electron chi connectivity index (χ4n) is 3.62. The van der Waals surface area contributed by atoms with Gasteiger partial charge in [-0.05, 0) is 50.5 Å². The van der Waals surface area contributed by atoms with Gasteiger partial charge in [0, 0.05) is 17.9 Å². The molecule has 0 aliphatic carbocycles. The van der Waals surface area contributed by atoms with Crippen LogP contribution in [0.15, 0.2) is 36.5 Å². The second kappa shape index (κ2) is 5.95. The minimum atomic E-state index is -0.266. The lowest BCUT2D eigenvalue weighted by Crippen LogP contribution is -2.30. The fraction of sp³-hybridized carbons (Fsp3) is 0.316. The number of carbonyl (C=O) groups is 1. The van der Waals surface area contributed by atoms with Gasteiger partial charge in [-0.1, -0.05) is 12.1 Å². The first kappa shape index (κ1) is 15.7. The molecule has 1 aliphatic heterocycles. The van der Waals surface area contributed by atoms with Gasteiger partial charge >= 0.3 is 0 Å². The standard InChI is InChI=1S/C19H19FN4O/c1-12-10-13(2)24-18(22-12)16(11-21-24)19(25)23-9-3-4-17(23)14-5-7-15(20)8-6-14/h5-8,10-11,17H,3-4,9H2,1-2H3/t17-/m0/s1. The van der Waals surface area contributed by atoms with Crippen molar-refractivity contribution in [2.24, 2.45) is 0 Å². The highest BCUT2D eigenvalue weighted by atomic mass is 19.1. The van der Waals surface area contributed by atoms with Gasteiger partial charge in [0.25, 0.3) is 5.91 Å². The van der Waals surface area contributed by atoms with Crippen LogP contribution in [-0.2, 0) is 0 Å². The Labute approximate surface area is 145 Å². The lowest BCUT2D eigenvalue weighted by atomic mass is 10.0. The molecule has 3 heterocycles. The summed E-state index contributed by atoms with van der Waals surface area (Å²) in [7, 11) is 0. The van der Waals surface area contributed by atoms with E-state index >= 15 is 0 Å². The summed E-state index contributed by atoms with van der Waals surface area (Å²) in [4.78, 5) is 19.5. The summed E-state index contributed by atoms with van der Waals surface area (Å²) in [6, 6.07) is 8.31. The average Bonchev–Trinajstić information content (AvgIpc) is 3.22. The molecule has 1 aromatic carbocycles. The second-order valence-electron chi connectivity index (χ2n) is 6.54. The maximum Gasteiger partial charge on any atom is 0.259 e. The summed E-state index contributed by atoms with van der Waals surface area (Å²) in [5, 5.41) is 4.32. The highest BCUT2D eigenvalue weighted by molar-refractivity contribution is 6.00. The van der Waals surface area contributed by atoms with Crippen molar-refractivity contribution >= 4 is 11.6 Å². The highest BCUT2D eigenvalue weighted by Gasteiger charge is 2.32. The molecule has 1 fully saturated rings. The maximum atomic E-state index is 13.2. The molecular formula is C19H19FN4O. The van der Waals surface area contributed by atoms with Crippen LogP contribution in [0.2, 0.25) is 0 Å². The first-order valence-corrected chi connectivity index (χ1v) is 8.43. The van der Waals surface area contributed by atoms with Crippen molar-refractivity contribution in [3.63, 3.8) is 0 Å². The number of aromatic nitrogens is 3. The Hall–Kier alpha value is -2.76. The van der Waals surface area contributed by atoms with Crippen LogP contribution in [0, 0.1) is 19.7 Å². The van der Waals surface area contributed by atoms with Crippen molar-refractivity contribution in [2.75, 3.05) is 6.54 Å². The number of likely N-dealkylation sites (tertiary alicyclic amines) is 1. The number of hydrogen-bond acceptors (Lipinski definition) is 3. The van der Waals surface area contributed by atoms with E-state index in [0.717, 1.165) is 29.8 Å². The predicted molar refractivity (Wildman–Crippen MR) is 91.9 cm³/mol. The van der Waals surface area contributed by atoms with Crippen molar-refractivity contribution < 1.29 is 9.18 Å². The van der Waals surface area contributed by atoms with Gasteiger partial charge in [0.15, 0.2) is 5.65 Å². The zero-order chi connectivity index (χ0) is 17.6. The van der Waals surface area contributed by atoms with Crippen LogP contribution in [0.3, 0.4) is 0 Å². The number of rotatable bonds is 2. The highest BCUT2D eigenvalue weighted by Crippen LogP contribution is 2.33. The third kappa shape index (κ3) is 2.67. The zero-order valence-corrected chi connectivity index (χ0v) is 14.2. The molecule has 3 aromatic rings. The van der Waals surface area contributed by atoms with E-state index in [2.05, 4.69) is 10.1 Å². The second-order valence-corrected chi connectivity index (χ2v) is 6.54. The Balaban J connectivity index is 1.71. The Morgan fingerprint density at radius 3 is 2.76 bits per heavy atom. The molecule has 25 heavy (non-hydrogen) atoms. The van der Waals surface area contributed by atoms with Crippen LogP contribution in [-0.4, -0.2) is 31.9 Å². The van der Waals surface area contributed by atoms with Crippen LogP contribution < -0.4 is 0 Å². The van der Waals surface area contributed by atoms with Gasteiger partial charge < -0.3 is 4.90 Å². The first-order valence-electron chi connectivity index (χ1n) is 8.43. The van der Waals surface area contributed by atoms with E-state index < -0.39 is 0 Å². The summed E-state index contributed by atoms with van der Waals surface area (Å²) in [5.74, 6) is -0.336. The lowest BCUT2D eigenvalue weighted by Gasteiger charge is -2.24. The summed E-state index contributed by atoms with van der Waals surface area (Å²) in [5.41, 5.74) is 3.87. The molecule has 5 nitrogen and oxygen atoms in total. The van der Waals surface area contributed by atoms with E-state index in [1.807, 2.05) is 24.8 Å². The van der Waals surface area contributed by atoms with Gasteiger partial charge in [0.1, 0.15) is 11.4 Å². The van der Waals surface area contributed by atoms with E-state index in [4.69, 9.17) is 0 Å². The number of hydrogen-bond donors (Lipinski definition) is 0. The fourth-order valence-corrected chi connectivity index (χ4v) is 3.62. The van der Waals surface area contributed by atoms with E-state index in [-0.39, 0.29) is 17.8 Å². The largest absolute Gasteiger partial charge is 0.331 e. The molecule has 1 saturated heterocycles. The SMILES string of the molecule is Cc1cc(C)n2ncc(C(=O)N3CCC[C@H]3c3ccc(F)cc3)c2n1. The number of fused-ring (bicyclic) bond motifs is 1. The molecule has 0 N–H and O–H groups in total. The van der Waals surface area contributed by atoms with Crippen LogP contribution in [0.5, 0.6) is 0 Å². The molecular weight excluding hydrogens is 319 g/mol. The number of amides is 1. The summed E-state index contributed by atoms with van der Waals surface area (Å²) < 4.78 is 14.9. The molecule has 0 bridgehead atoms. The van der Waals surface area contributed by atoms with Gasteiger partial charge in [-0.3, -0.25) is 4.79 Å². The van der Waals surface area contributed by atoms with Crippen molar-refractivity contribution in [1.82, 2.24) is 19.5 Å². The lowest BCUT2D eigenvalue weighted by molar-refractivity contribution is 0.0737. The molecule has 0 unspecified atom stereocenters. The maximum absolute atomic E-state index is 13.2. The molecule has 0 spiro atoms. The number of halogens is 1. The first-order chi connectivity index (χ1) is 12.0. The van der Waals surface area contributed by atoms with E-state index in [9.17, 15) is 9.18 Å². The van der Waals surface area contributed by atoms with Gasteiger partial charge in [0.2, 0.25) is 0 Å². The topological polar surface area (TPSA) is 50.5 Å². The molecule has 128 valence electrons. The Morgan fingerprint density at radius 2 is 2.00 bits per heavy atom. The van der Waals surface area contributed by atoms with Crippen LogP contribution >= 0.6 is 0 Å². The van der Waals surface area contributed by atoms with Gasteiger partial charge in [-0.15, -0.1) is 0 Å². The van der Waals surface area contributed by atoms with Gasteiger partial charge in [-0.25, -0.2) is 13.9 Å². The van der Waals surface area contributed by atoms with Crippen LogP contribution in [0.25, 0.3) is 5.65 Å². The quantitative estimate of drug-likeness (QED) is 0.719. The molecule has 4 rings (SSSR count). The van der Waals surface area contributed by atoms with Gasteiger partial charge in [-0.2, -0.15) is 5.10 Å². The van der Waals surface area contributed by atoms with E-state index in [1.165, 1.54) is 12.1 Å². The number of carbonyl (C=O) groups excluding carboxylic acids is 1. The van der Waals surface area contributed by atoms with Gasteiger partial charge in [0.05, 0.1) is 12.2 Å². The third-order valence-corrected chi connectivity index (χ3v) is 4.78. The van der Waals surface area contributed by atoms with E-state index in [1.54, 1.807) is 22.8 Å². The average molecular weight is 338 g/mol. The molecule has 0 saturated carbocycles. The monoisotopic (exact) mass is 338 g/mol. The minimum absolute atomic E-state index is 0.0334. The molecule has 1 aliphatic rings. The minimum Gasteiger partial charge on any atom is -0.331 e. The number of nitrogens with zero attached hydrogens (tertiary/aromatic N) is 4. The molecule has 0 radical (unpaired) electrons. The normalized spacial score (nSPS) is 17.4. The Morgan fingerprint density at radius 1 is 1.24 bits per heavy atom. The summed E-state index contributed by atoms with van der Waals surface area (Å²) in [6.45, 7) is 4.54. The Kier molecular flexibility index (Phi) is 3.75. The molecule has 6 heteroatoms. The predicted octanol–water partition coefficient (Wildman–Crippen LogP) is 3.46. The van der Waals surface area contributed by atoms with Crippen molar-refractivity contribution in [2.45, 2.75) is 32.7 Å². The molecule has 1 atom stereocenters.